The predicted molar refractivity (Wildman–Crippen MR) is 113 cm³/mol. The van der Waals surface area contributed by atoms with E-state index >= 15 is 0 Å². The van der Waals surface area contributed by atoms with Gasteiger partial charge in [0.15, 0.2) is 0 Å². The van der Waals surface area contributed by atoms with Gasteiger partial charge in [0.05, 0.1) is 20.5 Å². The molecule has 1 amide bonds. The second-order valence-corrected chi connectivity index (χ2v) is 8.54. The number of anilines is 2. The van der Waals surface area contributed by atoms with Crippen molar-refractivity contribution in [2.45, 2.75) is 11.8 Å². The summed E-state index contributed by atoms with van der Waals surface area (Å²) in [7, 11) is -3.69. The topological polar surface area (TPSA) is 75.3 Å². The lowest BCUT2D eigenvalue weighted by Gasteiger charge is -2.11. The molecule has 0 saturated carbocycles. The fourth-order valence-corrected chi connectivity index (χ4v) is 4.09. The first-order chi connectivity index (χ1) is 13.3. The highest BCUT2D eigenvalue weighted by molar-refractivity contribution is 7.92. The number of rotatable bonds is 5. The van der Waals surface area contributed by atoms with Gasteiger partial charge in [-0.3, -0.25) is 9.52 Å². The summed E-state index contributed by atoms with van der Waals surface area (Å²) < 4.78 is 27.4. The quantitative estimate of drug-likeness (QED) is 0.567. The third-order valence-electron chi connectivity index (χ3n) is 3.92. The molecular formula is C20H16Cl2N2O3S. The van der Waals surface area contributed by atoms with E-state index in [-0.39, 0.29) is 20.5 Å². The molecule has 0 fully saturated rings. The summed E-state index contributed by atoms with van der Waals surface area (Å²) in [6.07, 6.45) is 0. The molecule has 3 aromatic rings. The van der Waals surface area contributed by atoms with Gasteiger partial charge in [-0.15, -0.1) is 0 Å². The smallest absolute Gasteiger partial charge is 0.261 e. The molecule has 0 radical (unpaired) electrons. The molecule has 0 aromatic heterocycles. The van der Waals surface area contributed by atoms with E-state index in [1.54, 1.807) is 66.7 Å². The van der Waals surface area contributed by atoms with Crippen LogP contribution in [0, 0.1) is 6.92 Å². The zero-order valence-corrected chi connectivity index (χ0v) is 17.1. The lowest BCUT2D eigenvalue weighted by molar-refractivity contribution is 0.102. The molecule has 2 N–H and O–H groups in total. The van der Waals surface area contributed by atoms with Gasteiger partial charge in [0.2, 0.25) is 0 Å². The Morgan fingerprint density at radius 3 is 1.93 bits per heavy atom. The van der Waals surface area contributed by atoms with Crippen LogP contribution >= 0.6 is 23.2 Å². The van der Waals surface area contributed by atoms with Crippen LogP contribution in [0.3, 0.4) is 0 Å². The van der Waals surface area contributed by atoms with Crippen LogP contribution < -0.4 is 10.0 Å². The first kappa shape index (κ1) is 20.2. The molecule has 28 heavy (non-hydrogen) atoms. The van der Waals surface area contributed by atoms with Crippen molar-refractivity contribution in [1.82, 2.24) is 0 Å². The summed E-state index contributed by atoms with van der Waals surface area (Å²) in [5.74, 6) is -0.455. The van der Waals surface area contributed by atoms with Gasteiger partial charge in [-0.2, -0.15) is 0 Å². The number of sulfonamides is 1. The van der Waals surface area contributed by atoms with Crippen molar-refractivity contribution in [2.75, 3.05) is 10.0 Å². The number of halogens is 2. The number of carbonyl (C=O) groups excluding carboxylic acids is 1. The zero-order chi connectivity index (χ0) is 20.3. The van der Waals surface area contributed by atoms with Crippen molar-refractivity contribution in [1.29, 1.82) is 0 Å². The molecular weight excluding hydrogens is 419 g/mol. The Morgan fingerprint density at radius 1 is 0.821 bits per heavy atom. The molecule has 0 heterocycles. The average molecular weight is 435 g/mol. The average Bonchev–Trinajstić information content (AvgIpc) is 2.63. The lowest BCUT2D eigenvalue weighted by Crippen LogP contribution is -2.14. The fraction of sp³-hybridized carbons (Fsp3) is 0.0500. The van der Waals surface area contributed by atoms with Crippen LogP contribution in [-0.2, 0) is 10.0 Å². The van der Waals surface area contributed by atoms with Gasteiger partial charge in [-0.25, -0.2) is 8.42 Å². The number of carbonyl (C=O) groups is 1. The van der Waals surface area contributed by atoms with Gasteiger partial charge in [-0.05, 0) is 55.5 Å². The van der Waals surface area contributed by atoms with Crippen LogP contribution in [0.5, 0.6) is 0 Å². The first-order valence-corrected chi connectivity index (χ1v) is 10.4. The molecule has 0 aliphatic heterocycles. The van der Waals surface area contributed by atoms with Crippen molar-refractivity contribution in [3.8, 4) is 0 Å². The summed E-state index contributed by atoms with van der Waals surface area (Å²) >= 11 is 12.1. The second kappa shape index (κ2) is 8.22. The minimum absolute atomic E-state index is 0.170. The van der Waals surface area contributed by atoms with Gasteiger partial charge < -0.3 is 5.32 Å². The van der Waals surface area contributed by atoms with E-state index in [1.165, 1.54) is 0 Å². The Bertz CT molecular complexity index is 1090. The van der Waals surface area contributed by atoms with E-state index < -0.39 is 15.9 Å². The molecule has 3 aromatic carbocycles. The molecule has 0 saturated heterocycles. The maximum atomic E-state index is 12.4. The van der Waals surface area contributed by atoms with E-state index in [4.69, 9.17) is 23.2 Å². The summed E-state index contributed by atoms with van der Waals surface area (Å²) in [5.41, 5.74) is 1.99. The highest BCUT2D eigenvalue weighted by atomic mass is 35.5. The van der Waals surface area contributed by atoms with Crippen LogP contribution in [0.15, 0.2) is 71.6 Å². The molecule has 0 atom stereocenters. The molecule has 8 heteroatoms. The normalized spacial score (nSPS) is 11.1. The van der Waals surface area contributed by atoms with E-state index in [9.17, 15) is 13.2 Å². The third kappa shape index (κ3) is 4.65. The Kier molecular flexibility index (Phi) is 5.93. The molecule has 0 aliphatic carbocycles. The predicted octanol–water partition coefficient (Wildman–Crippen LogP) is 5.35. The van der Waals surface area contributed by atoms with Crippen molar-refractivity contribution >= 4 is 50.5 Å². The fourth-order valence-electron chi connectivity index (χ4n) is 2.46. The molecule has 0 aliphatic rings. The van der Waals surface area contributed by atoms with Crippen molar-refractivity contribution in [3.05, 3.63) is 87.9 Å². The minimum atomic E-state index is -3.69. The SMILES string of the molecule is Cc1ccc(S(=O)(=O)Nc2ccc(NC(=O)c3c(Cl)cccc3Cl)cc2)cc1. The van der Waals surface area contributed by atoms with Crippen LogP contribution in [0.4, 0.5) is 11.4 Å². The van der Waals surface area contributed by atoms with Gasteiger partial charge >= 0.3 is 0 Å². The van der Waals surface area contributed by atoms with Crippen molar-refractivity contribution < 1.29 is 13.2 Å². The molecule has 0 unspecified atom stereocenters. The lowest BCUT2D eigenvalue weighted by atomic mass is 10.2. The monoisotopic (exact) mass is 434 g/mol. The van der Waals surface area contributed by atoms with Crippen LogP contribution in [-0.4, -0.2) is 14.3 Å². The Morgan fingerprint density at radius 2 is 1.36 bits per heavy atom. The van der Waals surface area contributed by atoms with E-state index in [1.807, 2.05) is 6.92 Å². The second-order valence-electron chi connectivity index (χ2n) is 6.05. The molecule has 3 rings (SSSR count). The number of hydrogen-bond donors (Lipinski definition) is 2. The summed E-state index contributed by atoms with van der Waals surface area (Å²) in [5, 5.41) is 3.17. The first-order valence-electron chi connectivity index (χ1n) is 8.21. The Balaban J connectivity index is 1.73. The number of hydrogen-bond acceptors (Lipinski definition) is 3. The number of amides is 1. The van der Waals surface area contributed by atoms with Gasteiger partial charge in [0.1, 0.15) is 0 Å². The number of nitrogens with one attached hydrogen (secondary N) is 2. The summed E-state index contributed by atoms with van der Waals surface area (Å²) in [6.45, 7) is 1.88. The molecule has 0 spiro atoms. The van der Waals surface area contributed by atoms with Gasteiger partial charge in [-0.1, -0.05) is 47.0 Å². The number of aryl methyl sites for hydroxylation is 1. The molecule has 5 nitrogen and oxygen atoms in total. The van der Waals surface area contributed by atoms with Crippen LogP contribution in [0.2, 0.25) is 10.0 Å². The maximum absolute atomic E-state index is 12.4. The van der Waals surface area contributed by atoms with Gasteiger partial charge in [0.25, 0.3) is 15.9 Å². The maximum Gasteiger partial charge on any atom is 0.261 e. The zero-order valence-electron chi connectivity index (χ0n) is 14.7. The van der Waals surface area contributed by atoms with Crippen molar-refractivity contribution in [3.63, 3.8) is 0 Å². The summed E-state index contributed by atoms with van der Waals surface area (Å²) in [4.78, 5) is 12.6. The van der Waals surface area contributed by atoms with E-state index in [0.29, 0.717) is 11.4 Å². The highest BCUT2D eigenvalue weighted by Crippen LogP contribution is 2.26. The highest BCUT2D eigenvalue weighted by Gasteiger charge is 2.16. The standard InChI is InChI=1S/C20H16Cl2N2O3S/c1-13-5-11-16(12-6-13)28(26,27)24-15-9-7-14(8-10-15)23-20(25)19-17(21)3-2-4-18(19)22/h2-12,24H,1H3,(H,23,25). The molecule has 0 bridgehead atoms. The van der Waals surface area contributed by atoms with E-state index in [2.05, 4.69) is 10.0 Å². The largest absolute Gasteiger partial charge is 0.322 e. The van der Waals surface area contributed by atoms with Crippen LogP contribution in [0.1, 0.15) is 15.9 Å². The van der Waals surface area contributed by atoms with Crippen LogP contribution in [0.25, 0.3) is 0 Å². The third-order valence-corrected chi connectivity index (χ3v) is 5.94. The van der Waals surface area contributed by atoms with Crippen molar-refractivity contribution in [2.24, 2.45) is 0 Å². The summed E-state index contributed by atoms with van der Waals surface area (Å²) in [6, 6.07) is 17.6. The minimum Gasteiger partial charge on any atom is -0.322 e. The Hall–Kier alpha value is -2.54. The number of benzene rings is 3. The Labute approximate surface area is 173 Å². The molecule has 144 valence electrons. The van der Waals surface area contributed by atoms with Gasteiger partial charge in [0, 0.05) is 11.4 Å². The van der Waals surface area contributed by atoms with E-state index in [0.717, 1.165) is 5.56 Å².